The second-order valence-electron chi connectivity index (χ2n) is 5.10. The number of ketones is 1. The molecule has 0 saturated carbocycles. The molecule has 7 heteroatoms. The molecular formula is C17H18N2O5. The van der Waals surface area contributed by atoms with Crippen molar-refractivity contribution in [2.45, 2.75) is 20.0 Å². The number of nitrogens with one attached hydrogen (secondary N) is 2. The van der Waals surface area contributed by atoms with Gasteiger partial charge in [-0.15, -0.1) is 0 Å². The van der Waals surface area contributed by atoms with Crippen molar-refractivity contribution < 1.29 is 23.9 Å². The van der Waals surface area contributed by atoms with Gasteiger partial charge in [-0.3, -0.25) is 9.59 Å². The molecule has 0 radical (unpaired) electrons. The lowest BCUT2D eigenvalue weighted by molar-refractivity contribution is -0.123. The third-order valence-corrected chi connectivity index (χ3v) is 3.33. The summed E-state index contributed by atoms with van der Waals surface area (Å²) in [6.45, 7) is 2.85. The Morgan fingerprint density at radius 3 is 2.54 bits per heavy atom. The van der Waals surface area contributed by atoms with Crippen LogP contribution in [0, 0.1) is 0 Å². The van der Waals surface area contributed by atoms with Gasteiger partial charge >= 0.3 is 5.97 Å². The molecule has 7 nitrogen and oxygen atoms in total. The minimum atomic E-state index is -1.02. The van der Waals surface area contributed by atoms with Gasteiger partial charge in [-0.2, -0.15) is 0 Å². The number of carbonyl (C=O) groups is 3. The Bertz CT molecular complexity index is 766. The molecule has 126 valence electrons. The van der Waals surface area contributed by atoms with E-state index in [4.69, 9.17) is 9.47 Å². The molecule has 0 unspecified atom stereocenters. The summed E-state index contributed by atoms with van der Waals surface area (Å²) in [5.41, 5.74) is 0.955. The Kier molecular flexibility index (Phi) is 5.36. The molecular weight excluding hydrogens is 312 g/mol. The SMILES string of the molecule is COc1ccccc1NC(=O)[C@H](C)OC(=O)c1cc(C(C)=O)c[nH]1. The third-order valence-electron chi connectivity index (χ3n) is 3.33. The molecule has 2 rings (SSSR count). The lowest BCUT2D eigenvalue weighted by Crippen LogP contribution is -2.30. The van der Waals surface area contributed by atoms with Crippen LogP contribution in [-0.4, -0.2) is 35.9 Å². The fourth-order valence-electron chi connectivity index (χ4n) is 1.98. The second-order valence-corrected chi connectivity index (χ2v) is 5.10. The van der Waals surface area contributed by atoms with Crippen molar-refractivity contribution in [3.8, 4) is 5.75 Å². The number of H-pyrrole nitrogens is 1. The standard InChI is InChI=1S/C17H18N2O5/c1-10(20)12-8-14(18-9-12)17(22)24-11(2)16(21)19-13-6-4-5-7-15(13)23-3/h4-9,11,18H,1-3H3,(H,19,21)/t11-/m0/s1. The van der Waals surface area contributed by atoms with E-state index in [1.54, 1.807) is 24.3 Å². The predicted octanol–water partition coefficient (Wildman–Crippen LogP) is 2.41. The van der Waals surface area contributed by atoms with Crippen molar-refractivity contribution in [3.05, 3.63) is 47.8 Å². The number of methoxy groups -OCH3 is 1. The van der Waals surface area contributed by atoms with E-state index in [1.807, 2.05) is 0 Å². The van der Waals surface area contributed by atoms with Gasteiger partial charge in [0.1, 0.15) is 11.4 Å². The average molecular weight is 330 g/mol. The molecule has 2 aromatic rings. The zero-order valence-electron chi connectivity index (χ0n) is 13.6. The molecule has 1 aromatic carbocycles. The van der Waals surface area contributed by atoms with E-state index < -0.39 is 18.0 Å². The molecule has 0 aliphatic rings. The molecule has 1 amide bonds. The van der Waals surface area contributed by atoms with Gasteiger partial charge in [0.2, 0.25) is 0 Å². The number of aromatic nitrogens is 1. The molecule has 0 fully saturated rings. The zero-order chi connectivity index (χ0) is 17.7. The molecule has 1 atom stereocenters. The number of anilines is 1. The molecule has 1 heterocycles. The quantitative estimate of drug-likeness (QED) is 0.626. The molecule has 2 N–H and O–H groups in total. The summed E-state index contributed by atoms with van der Waals surface area (Å²) >= 11 is 0. The van der Waals surface area contributed by atoms with Crippen molar-refractivity contribution in [1.82, 2.24) is 4.98 Å². The Morgan fingerprint density at radius 1 is 1.21 bits per heavy atom. The van der Waals surface area contributed by atoms with Gasteiger partial charge in [0.05, 0.1) is 12.8 Å². The number of amides is 1. The first-order chi connectivity index (χ1) is 11.4. The molecule has 0 aliphatic heterocycles. The molecule has 0 aliphatic carbocycles. The molecule has 0 saturated heterocycles. The zero-order valence-corrected chi connectivity index (χ0v) is 13.6. The van der Waals surface area contributed by atoms with E-state index in [1.165, 1.54) is 33.2 Å². The van der Waals surface area contributed by atoms with Crippen LogP contribution in [0.5, 0.6) is 5.75 Å². The summed E-state index contributed by atoms with van der Waals surface area (Å²) in [6.07, 6.45) is 0.393. The Labute approximate surface area is 139 Å². The van der Waals surface area contributed by atoms with Crippen LogP contribution in [-0.2, 0) is 9.53 Å². The highest BCUT2D eigenvalue weighted by molar-refractivity contribution is 5.99. The van der Waals surface area contributed by atoms with Gasteiger partial charge in [-0.05, 0) is 32.0 Å². The van der Waals surface area contributed by atoms with Crippen molar-refractivity contribution in [2.24, 2.45) is 0 Å². The normalized spacial score (nSPS) is 11.5. The van der Waals surface area contributed by atoms with E-state index in [-0.39, 0.29) is 11.5 Å². The fraction of sp³-hybridized carbons (Fsp3) is 0.235. The second kappa shape index (κ2) is 7.45. The molecule has 0 bridgehead atoms. The van der Waals surface area contributed by atoms with Gasteiger partial charge in [-0.25, -0.2) is 4.79 Å². The highest BCUT2D eigenvalue weighted by Gasteiger charge is 2.21. The highest BCUT2D eigenvalue weighted by atomic mass is 16.5. The van der Waals surface area contributed by atoms with Crippen LogP contribution in [0.4, 0.5) is 5.69 Å². The summed E-state index contributed by atoms with van der Waals surface area (Å²) in [7, 11) is 1.49. The van der Waals surface area contributed by atoms with Gasteiger partial charge in [0.15, 0.2) is 11.9 Å². The summed E-state index contributed by atoms with van der Waals surface area (Å²) in [5.74, 6) is -0.886. The number of hydrogen-bond acceptors (Lipinski definition) is 5. The van der Waals surface area contributed by atoms with E-state index in [0.717, 1.165) is 0 Å². The smallest absolute Gasteiger partial charge is 0.355 e. The number of rotatable bonds is 6. The van der Waals surface area contributed by atoms with E-state index >= 15 is 0 Å². The van der Waals surface area contributed by atoms with Gasteiger partial charge in [-0.1, -0.05) is 12.1 Å². The number of benzene rings is 1. The Hall–Kier alpha value is -3.09. The van der Waals surface area contributed by atoms with Crippen molar-refractivity contribution in [3.63, 3.8) is 0 Å². The molecule has 1 aromatic heterocycles. The Morgan fingerprint density at radius 2 is 1.92 bits per heavy atom. The third kappa shape index (κ3) is 4.01. The molecule has 0 spiro atoms. The lowest BCUT2D eigenvalue weighted by atomic mass is 10.2. The Balaban J connectivity index is 2.00. The summed E-state index contributed by atoms with van der Waals surface area (Å²) in [4.78, 5) is 38.0. The van der Waals surface area contributed by atoms with Crippen LogP contribution in [0.25, 0.3) is 0 Å². The van der Waals surface area contributed by atoms with E-state index in [2.05, 4.69) is 10.3 Å². The first-order valence-corrected chi connectivity index (χ1v) is 7.26. The maximum Gasteiger partial charge on any atom is 0.355 e. The largest absolute Gasteiger partial charge is 0.495 e. The van der Waals surface area contributed by atoms with Crippen LogP contribution < -0.4 is 10.1 Å². The number of Topliss-reactive ketones (excluding diaryl/α,β-unsaturated/α-hetero) is 1. The summed E-state index contributed by atoms with van der Waals surface area (Å²) in [5, 5.41) is 2.64. The number of aromatic amines is 1. The van der Waals surface area contributed by atoms with Crippen LogP contribution in [0.2, 0.25) is 0 Å². The van der Waals surface area contributed by atoms with Crippen LogP contribution in [0.15, 0.2) is 36.5 Å². The van der Waals surface area contributed by atoms with E-state index in [0.29, 0.717) is 17.0 Å². The van der Waals surface area contributed by atoms with Crippen molar-refractivity contribution >= 4 is 23.3 Å². The monoisotopic (exact) mass is 330 g/mol. The number of hydrogen-bond donors (Lipinski definition) is 2. The van der Waals surface area contributed by atoms with Gasteiger partial charge < -0.3 is 19.8 Å². The minimum absolute atomic E-state index is 0.108. The van der Waals surface area contributed by atoms with Crippen LogP contribution >= 0.6 is 0 Å². The first kappa shape index (κ1) is 17.3. The predicted molar refractivity (Wildman–Crippen MR) is 87.3 cm³/mol. The summed E-state index contributed by atoms with van der Waals surface area (Å²) < 4.78 is 10.2. The first-order valence-electron chi connectivity index (χ1n) is 7.26. The average Bonchev–Trinajstić information content (AvgIpc) is 3.05. The number of para-hydroxylation sites is 2. The number of esters is 1. The lowest BCUT2D eigenvalue weighted by Gasteiger charge is -2.14. The minimum Gasteiger partial charge on any atom is -0.495 e. The summed E-state index contributed by atoms with van der Waals surface area (Å²) in [6, 6.07) is 8.28. The maximum atomic E-state index is 12.2. The van der Waals surface area contributed by atoms with Gasteiger partial charge in [0.25, 0.3) is 5.91 Å². The topological polar surface area (TPSA) is 97.5 Å². The number of carbonyl (C=O) groups excluding carboxylic acids is 3. The van der Waals surface area contributed by atoms with E-state index in [9.17, 15) is 14.4 Å². The van der Waals surface area contributed by atoms with Crippen LogP contribution in [0.1, 0.15) is 34.7 Å². The number of ether oxygens (including phenoxy) is 2. The van der Waals surface area contributed by atoms with Crippen molar-refractivity contribution in [2.75, 3.05) is 12.4 Å². The molecule has 24 heavy (non-hydrogen) atoms. The van der Waals surface area contributed by atoms with Crippen molar-refractivity contribution in [1.29, 1.82) is 0 Å². The highest BCUT2D eigenvalue weighted by Crippen LogP contribution is 2.23. The van der Waals surface area contributed by atoms with Crippen LogP contribution in [0.3, 0.4) is 0 Å². The maximum absolute atomic E-state index is 12.2. The fourth-order valence-corrected chi connectivity index (χ4v) is 1.98. The van der Waals surface area contributed by atoms with Gasteiger partial charge in [0, 0.05) is 11.8 Å².